The summed E-state index contributed by atoms with van der Waals surface area (Å²) in [6.45, 7) is 1.60. The van der Waals surface area contributed by atoms with Gasteiger partial charge in [0.1, 0.15) is 18.1 Å². The van der Waals surface area contributed by atoms with E-state index in [9.17, 15) is 9.59 Å². The highest BCUT2D eigenvalue weighted by Crippen LogP contribution is 2.35. The first-order chi connectivity index (χ1) is 10.5. The molecule has 0 aliphatic carbocycles. The lowest BCUT2D eigenvalue weighted by molar-refractivity contribution is -0.131. The van der Waals surface area contributed by atoms with Crippen LogP contribution in [0.1, 0.15) is 28.8 Å². The molecule has 0 aromatic heterocycles. The second kappa shape index (κ2) is 5.93. The van der Waals surface area contributed by atoms with Crippen LogP contribution < -0.4 is 9.47 Å². The number of esters is 1. The molecule has 1 aliphatic rings. The highest BCUT2D eigenvalue weighted by atomic mass is 79.9. The zero-order chi connectivity index (χ0) is 15.7. The van der Waals surface area contributed by atoms with E-state index in [2.05, 4.69) is 15.9 Å². The van der Waals surface area contributed by atoms with Gasteiger partial charge in [0.05, 0.1) is 11.5 Å². The van der Waals surface area contributed by atoms with Gasteiger partial charge in [-0.2, -0.15) is 0 Å². The maximum absolute atomic E-state index is 12.6. The van der Waals surface area contributed by atoms with Gasteiger partial charge in [0, 0.05) is 17.5 Å². The van der Waals surface area contributed by atoms with E-state index >= 15 is 0 Å². The summed E-state index contributed by atoms with van der Waals surface area (Å²) in [5, 5.41) is 0. The molecule has 0 bridgehead atoms. The summed E-state index contributed by atoms with van der Waals surface area (Å²) in [4.78, 5) is 23.6. The summed E-state index contributed by atoms with van der Waals surface area (Å²) in [5.74, 6) is 0.117. The van der Waals surface area contributed by atoms with Gasteiger partial charge in [-0.05, 0) is 29.8 Å². The number of hydrogen-bond donors (Lipinski definition) is 0. The third-order valence-electron chi connectivity index (χ3n) is 3.47. The Morgan fingerprint density at radius 2 is 1.95 bits per heavy atom. The molecule has 2 aromatic carbocycles. The van der Waals surface area contributed by atoms with Crippen LogP contribution in [0.3, 0.4) is 0 Å². The summed E-state index contributed by atoms with van der Waals surface area (Å²) in [6.07, 6.45) is 0. The predicted molar refractivity (Wildman–Crippen MR) is 84.5 cm³/mol. The van der Waals surface area contributed by atoms with Gasteiger partial charge in [-0.15, -0.1) is 0 Å². The molecule has 0 radical (unpaired) electrons. The number of benzene rings is 2. The lowest BCUT2D eigenvalue weighted by Crippen LogP contribution is -2.26. The minimum absolute atomic E-state index is 0.0120. The van der Waals surface area contributed by atoms with E-state index < -0.39 is 5.97 Å². The molecule has 2 aromatic rings. The normalized spacial score (nSPS) is 16.6. The molecule has 0 N–H and O–H groups in total. The quantitative estimate of drug-likeness (QED) is 0.604. The average molecular weight is 361 g/mol. The van der Waals surface area contributed by atoms with Crippen LogP contribution in [0.4, 0.5) is 0 Å². The Labute approximate surface area is 136 Å². The molecular formula is C17H13BrO4. The average Bonchev–Trinajstić information content (AvgIpc) is 2.48. The fraction of sp³-hybridized carbons (Fsp3) is 0.176. The van der Waals surface area contributed by atoms with Crippen LogP contribution in [0.25, 0.3) is 0 Å². The minimum Gasteiger partial charge on any atom is -0.492 e. The van der Waals surface area contributed by atoms with E-state index in [4.69, 9.17) is 9.47 Å². The Morgan fingerprint density at radius 3 is 2.64 bits per heavy atom. The molecule has 0 amide bonds. The maximum Gasteiger partial charge on any atom is 0.308 e. The second-order valence-corrected chi connectivity index (χ2v) is 5.95. The zero-order valence-electron chi connectivity index (χ0n) is 11.8. The lowest BCUT2D eigenvalue weighted by atomic mass is 9.89. The monoisotopic (exact) mass is 360 g/mol. The Bertz CT molecular complexity index is 737. The maximum atomic E-state index is 12.6. The van der Waals surface area contributed by atoms with Crippen LogP contribution in [0.2, 0.25) is 0 Å². The fourth-order valence-electron chi connectivity index (χ4n) is 2.43. The highest BCUT2D eigenvalue weighted by Gasteiger charge is 2.30. The number of Topliss-reactive ketones (excluding diaryl/α,β-unsaturated/α-hetero) is 1. The van der Waals surface area contributed by atoms with Gasteiger partial charge in [-0.1, -0.05) is 28.1 Å². The first-order valence-electron chi connectivity index (χ1n) is 6.79. The van der Waals surface area contributed by atoms with Gasteiger partial charge < -0.3 is 9.47 Å². The summed E-state index contributed by atoms with van der Waals surface area (Å²) in [6, 6.07) is 12.4. The Balaban J connectivity index is 1.89. The number of carbonyl (C=O) groups excluding carboxylic acids is 2. The summed E-state index contributed by atoms with van der Waals surface area (Å²) < 4.78 is 11.7. The van der Waals surface area contributed by atoms with Gasteiger partial charge in [-0.25, -0.2) is 0 Å². The van der Waals surface area contributed by atoms with Crippen molar-refractivity contribution < 1.29 is 19.1 Å². The topological polar surface area (TPSA) is 52.6 Å². The zero-order valence-corrected chi connectivity index (χ0v) is 13.4. The third kappa shape index (κ3) is 2.90. The smallest absolute Gasteiger partial charge is 0.308 e. The van der Waals surface area contributed by atoms with Crippen molar-refractivity contribution in [3.8, 4) is 11.5 Å². The molecule has 5 heteroatoms. The third-order valence-corrected chi connectivity index (χ3v) is 4.00. The van der Waals surface area contributed by atoms with E-state index in [1.165, 1.54) is 6.92 Å². The molecule has 1 atom stereocenters. The van der Waals surface area contributed by atoms with Crippen molar-refractivity contribution in [1.29, 1.82) is 0 Å². The van der Waals surface area contributed by atoms with Gasteiger partial charge >= 0.3 is 5.97 Å². The van der Waals surface area contributed by atoms with Gasteiger partial charge in [0.2, 0.25) is 0 Å². The molecule has 3 rings (SSSR count). The molecule has 4 nitrogen and oxygen atoms in total. The summed E-state index contributed by atoms with van der Waals surface area (Å²) in [7, 11) is 0. The van der Waals surface area contributed by atoms with Crippen molar-refractivity contribution in [2.45, 2.75) is 12.8 Å². The van der Waals surface area contributed by atoms with Gasteiger partial charge in [0.25, 0.3) is 0 Å². The summed E-state index contributed by atoms with van der Waals surface area (Å²) in [5.41, 5.74) is 1.43. The second-order valence-electron chi connectivity index (χ2n) is 5.03. The van der Waals surface area contributed by atoms with Crippen LogP contribution in [0.15, 0.2) is 46.9 Å². The first kappa shape index (κ1) is 14.8. The molecular weight excluding hydrogens is 348 g/mol. The van der Waals surface area contributed by atoms with Crippen LogP contribution in [-0.4, -0.2) is 18.4 Å². The van der Waals surface area contributed by atoms with Crippen molar-refractivity contribution in [3.63, 3.8) is 0 Å². The highest BCUT2D eigenvalue weighted by molar-refractivity contribution is 9.10. The fourth-order valence-corrected chi connectivity index (χ4v) is 2.70. The lowest BCUT2D eigenvalue weighted by Gasteiger charge is -2.24. The molecule has 0 spiro atoms. The van der Waals surface area contributed by atoms with Crippen molar-refractivity contribution in [2.75, 3.05) is 6.61 Å². The van der Waals surface area contributed by atoms with E-state index in [1.807, 2.05) is 24.3 Å². The molecule has 0 saturated heterocycles. The molecule has 1 heterocycles. The molecule has 1 aliphatic heterocycles. The van der Waals surface area contributed by atoms with Crippen LogP contribution in [0, 0.1) is 0 Å². The number of ether oxygens (including phenoxy) is 2. The number of halogens is 1. The number of rotatable bonds is 2. The number of ketones is 1. The number of carbonyl (C=O) groups is 2. The van der Waals surface area contributed by atoms with Crippen molar-refractivity contribution in [3.05, 3.63) is 58.1 Å². The molecule has 112 valence electrons. The molecule has 0 fully saturated rings. The van der Waals surface area contributed by atoms with Gasteiger partial charge in [0.15, 0.2) is 5.78 Å². The van der Waals surface area contributed by atoms with Crippen LogP contribution in [-0.2, 0) is 4.79 Å². The van der Waals surface area contributed by atoms with Crippen LogP contribution in [0.5, 0.6) is 11.5 Å². The SMILES string of the molecule is CC(=O)Oc1ccc2c(c1)OCC(c1ccc(Br)cc1)C2=O. The first-order valence-corrected chi connectivity index (χ1v) is 7.59. The Morgan fingerprint density at radius 1 is 1.23 bits per heavy atom. The minimum atomic E-state index is -0.408. The number of fused-ring (bicyclic) bond motifs is 1. The van der Waals surface area contributed by atoms with E-state index in [1.54, 1.807) is 18.2 Å². The molecule has 0 saturated carbocycles. The largest absolute Gasteiger partial charge is 0.492 e. The van der Waals surface area contributed by atoms with E-state index in [0.717, 1.165) is 10.0 Å². The Hall–Kier alpha value is -2.14. The number of hydrogen-bond acceptors (Lipinski definition) is 4. The van der Waals surface area contributed by atoms with Crippen molar-refractivity contribution >= 4 is 27.7 Å². The molecule has 22 heavy (non-hydrogen) atoms. The molecule has 1 unspecified atom stereocenters. The van der Waals surface area contributed by atoms with E-state index in [0.29, 0.717) is 17.1 Å². The van der Waals surface area contributed by atoms with E-state index in [-0.39, 0.29) is 18.3 Å². The van der Waals surface area contributed by atoms with Crippen molar-refractivity contribution in [2.24, 2.45) is 0 Å². The van der Waals surface area contributed by atoms with Crippen molar-refractivity contribution in [1.82, 2.24) is 0 Å². The van der Waals surface area contributed by atoms with Crippen LogP contribution >= 0.6 is 15.9 Å². The predicted octanol–water partition coefficient (Wildman–Crippen LogP) is 3.73. The standard InChI is InChI=1S/C17H13BrO4/c1-10(19)22-13-6-7-14-16(8-13)21-9-15(17(14)20)11-2-4-12(18)5-3-11/h2-8,15H,9H2,1H3. The summed E-state index contributed by atoms with van der Waals surface area (Å²) >= 11 is 3.38. The Kier molecular flexibility index (Phi) is 3.98. The van der Waals surface area contributed by atoms with Gasteiger partial charge in [-0.3, -0.25) is 9.59 Å².